The van der Waals surface area contributed by atoms with Crippen molar-refractivity contribution in [3.05, 3.63) is 76.7 Å². The molecule has 4 aromatic rings. The number of aromatic amines is 1. The summed E-state index contributed by atoms with van der Waals surface area (Å²) in [7, 11) is 0. The number of carbonyl (C=O) groups is 1. The highest BCUT2D eigenvalue weighted by molar-refractivity contribution is 5.76. The maximum Gasteiger partial charge on any atom is 0.419 e. The Morgan fingerprint density at radius 3 is 2.71 bits per heavy atom. The third-order valence-corrected chi connectivity index (χ3v) is 6.41. The van der Waals surface area contributed by atoms with Gasteiger partial charge in [-0.15, -0.1) is 0 Å². The molecule has 0 spiro atoms. The van der Waals surface area contributed by atoms with Gasteiger partial charge in [0.2, 0.25) is 5.91 Å². The number of carbonyl (C=O) groups excluding carboxylic acids is 1. The molecule has 1 amide bonds. The third kappa shape index (κ3) is 4.37. The Morgan fingerprint density at radius 1 is 1.12 bits per heavy atom. The summed E-state index contributed by atoms with van der Waals surface area (Å²) < 4.78 is 33.5. The fourth-order valence-corrected chi connectivity index (χ4v) is 4.53. The van der Waals surface area contributed by atoms with E-state index in [-0.39, 0.29) is 11.8 Å². The van der Waals surface area contributed by atoms with E-state index in [1.54, 1.807) is 16.8 Å². The van der Waals surface area contributed by atoms with E-state index in [0.29, 0.717) is 49.3 Å². The topological polar surface area (TPSA) is 84.1 Å². The van der Waals surface area contributed by atoms with Gasteiger partial charge in [0.15, 0.2) is 17.2 Å². The first-order chi connectivity index (χ1) is 16.5. The normalized spacial score (nSPS) is 14.7. The lowest BCUT2D eigenvalue weighted by atomic mass is 9.96. The fourth-order valence-electron chi connectivity index (χ4n) is 4.53. The van der Waals surface area contributed by atoms with E-state index in [9.17, 15) is 18.4 Å². The van der Waals surface area contributed by atoms with Crippen LogP contribution in [0, 0.1) is 11.6 Å². The summed E-state index contributed by atoms with van der Waals surface area (Å²) in [5.74, 6) is -1.16. The van der Waals surface area contributed by atoms with Crippen molar-refractivity contribution in [2.24, 2.45) is 0 Å². The van der Waals surface area contributed by atoms with Crippen LogP contribution in [0.3, 0.4) is 0 Å². The van der Waals surface area contributed by atoms with Crippen molar-refractivity contribution in [3.63, 3.8) is 0 Å². The Morgan fingerprint density at radius 2 is 1.91 bits per heavy atom. The lowest BCUT2D eigenvalue weighted by Gasteiger charge is -2.31. The number of nitrogens with zero attached hydrogens (tertiary/aromatic N) is 3. The number of likely N-dealkylation sites (tertiary alicyclic amines) is 1. The smallest absolute Gasteiger partial charge is 0.408 e. The van der Waals surface area contributed by atoms with Crippen molar-refractivity contribution < 1.29 is 18.0 Å². The number of amides is 1. The Kier molecular flexibility index (Phi) is 6.00. The first kappa shape index (κ1) is 22.1. The molecule has 1 aliphatic heterocycles. The minimum absolute atomic E-state index is 0.0706. The number of imidazole rings is 1. The fraction of sp³-hybridized carbons (Fsp3) is 0.320. The third-order valence-electron chi connectivity index (χ3n) is 6.41. The molecule has 0 unspecified atom stereocenters. The number of piperidine rings is 1. The molecular weight excluding hydrogens is 442 g/mol. The summed E-state index contributed by atoms with van der Waals surface area (Å²) in [5.41, 5.74) is 2.46. The van der Waals surface area contributed by atoms with Crippen molar-refractivity contribution >= 4 is 17.0 Å². The number of hydrogen-bond donors (Lipinski definition) is 1. The number of para-hydroxylation sites is 2. The zero-order valence-corrected chi connectivity index (χ0v) is 18.5. The van der Waals surface area contributed by atoms with Crippen LogP contribution in [0.2, 0.25) is 0 Å². The summed E-state index contributed by atoms with van der Waals surface area (Å²) in [6, 6.07) is 11.0. The molecule has 1 aliphatic rings. The summed E-state index contributed by atoms with van der Waals surface area (Å²) in [6.07, 6.45) is 4.07. The van der Waals surface area contributed by atoms with Crippen LogP contribution in [-0.4, -0.2) is 38.4 Å². The van der Waals surface area contributed by atoms with Crippen LogP contribution in [-0.2, 0) is 11.3 Å². The SMILES string of the molecule is O=C(CCCn1c(=O)oc2ccccc21)N1CCC(c2ncc(-c3ccc(F)c(F)c3)[nH]2)CC1. The largest absolute Gasteiger partial charge is 0.419 e. The number of fused-ring (bicyclic) bond motifs is 1. The number of nitrogens with one attached hydrogen (secondary N) is 1. The van der Waals surface area contributed by atoms with Crippen LogP contribution in [0.4, 0.5) is 8.78 Å². The van der Waals surface area contributed by atoms with Crippen molar-refractivity contribution in [2.75, 3.05) is 13.1 Å². The highest BCUT2D eigenvalue weighted by Gasteiger charge is 2.25. The summed E-state index contributed by atoms with van der Waals surface area (Å²) >= 11 is 0. The van der Waals surface area contributed by atoms with E-state index in [1.165, 1.54) is 6.07 Å². The van der Waals surface area contributed by atoms with Gasteiger partial charge in [0, 0.05) is 37.5 Å². The molecule has 3 heterocycles. The van der Waals surface area contributed by atoms with E-state index in [2.05, 4.69) is 9.97 Å². The molecule has 176 valence electrons. The minimum atomic E-state index is -0.897. The number of halogens is 2. The Hall–Kier alpha value is -3.75. The monoisotopic (exact) mass is 466 g/mol. The van der Waals surface area contributed by atoms with Gasteiger partial charge < -0.3 is 14.3 Å². The van der Waals surface area contributed by atoms with Crippen molar-refractivity contribution in [1.29, 1.82) is 0 Å². The van der Waals surface area contributed by atoms with Gasteiger partial charge in [-0.05, 0) is 49.6 Å². The molecular formula is C25H24F2N4O3. The quantitative estimate of drug-likeness (QED) is 0.455. The lowest BCUT2D eigenvalue weighted by Crippen LogP contribution is -2.38. The Labute approximate surface area is 194 Å². The van der Waals surface area contributed by atoms with Crippen LogP contribution in [0.15, 0.2) is 57.9 Å². The summed E-state index contributed by atoms with van der Waals surface area (Å²) in [6.45, 7) is 1.68. The van der Waals surface area contributed by atoms with Crippen LogP contribution in [0.25, 0.3) is 22.4 Å². The minimum Gasteiger partial charge on any atom is -0.408 e. The van der Waals surface area contributed by atoms with E-state index in [1.807, 2.05) is 23.1 Å². The van der Waals surface area contributed by atoms with Gasteiger partial charge in [-0.1, -0.05) is 12.1 Å². The van der Waals surface area contributed by atoms with Crippen LogP contribution >= 0.6 is 0 Å². The zero-order valence-electron chi connectivity index (χ0n) is 18.5. The molecule has 0 atom stereocenters. The molecule has 0 bridgehead atoms. The van der Waals surface area contributed by atoms with Crippen LogP contribution in [0.5, 0.6) is 0 Å². The first-order valence-electron chi connectivity index (χ1n) is 11.4. The number of oxazole rings is 1. The number of H-pyrrole nitrogens is 1. The van der Waals surface area contributed by atoms with Gasteiger partial charge >= 0.3 is 5.76 Å². The number of aromatic nitrogens is 3. The van der Waals surface area contributed by atoms with Crippen molar-refractivity contribution in [3.8, 4) is 11.3 Å². The molecule has 5 rings (SSSR count). The van der Waals surface area contributed by atoms with Crippen molar-refractivity contribution in [1.82, 2.24) is 19.4 Å². The van der Waals surface area contributed by atoms with Crippen molar-refractivity contribution in [2.45, 2.75) is 38.1 Å². The highest BCUT2D eigenvalue weighted by Crippen LogP contribution is 2.29. The maximum atomic E-state index is 13.5. The van der Waals surface area contributed by atoms with Gasteiger partial charge in [0.1, 0.15) is 5.82 Å². The van der Waals surface area contributed by atoms with E-state index in [0.717, 1.165) is 36.3 Å². The molecule has 0 saturated carbocycles. The van der Waals surface area contributed by atoms with Gasteiger partial charge in [-0.3, -0.25) is 9.36 Å². The summed E-state index contributed by atoms with van der Waals surface area (Å²) in [5, 5.41) is 0. The zero-order chi connectivity index (χ0) is 23.7. The standard InChI is InChI=1S/C25H24F2N4O3/c26-18-8-7-17(14-19(18)27)20-15-28-24(29-20)16-9-12-30(13-10-16)23(32)6-3-11-31-21-4-1-2-5-22(21)34-25(31)33/h1-2,4-5,7-8,14-16H,3,6,9-13H2,(H,28,29). The van der Waals surface area contributed by atoms with Gasteiger partial charge in [0.25, 0.3) is 0 Å². The second kappa shape index (κ2) is 9.24. The number of hydrogen-bond acceptors (Lipinski definition) is 4. The number of rotatable bonds is 6. The molecule has 34 heavy (non-hydrogen) atoms. The molecule has 0 radical (unpaired) electrons. The molecule has 2 aromatic heterocycles. The van der Waals surface area contributed by atoms with E-state index in [4.69, 9.17) is 4.42 Å². The molecule has 7 nitrogen and oxygen atoms in total. The second-order valence-electron chi connectivity index (χ2n) is 8.56. The predicted molar refractivity (Wildman–Crippen MR) is 122 cm³/mol. The van der Waals surface area contributed by atoms with Crippen LogP contribution < -0.4 is 5.76 Å². The first-order valence-corrected chi connectivity index (χ1v) is 11.4. The molecule has 9 heteroatoms. The maximum absolute atomic E-state index is 13.5. The molecule has 1 saturated heterocycles. The van der Waals surface area contributed by atoms with E-state index < -0.39 is 17.4 Å². The molecule has 2 aromatic carbocycles. The van der Waals surface area contributed by atoms with Gasteiger partial charge in [-0.2, -0.15) is 0 Å². The Bertz CT molecular complexity index is 1380. The predicted octanol–water partition coefficient (Wildman–Crippen LogP) is 4.45. The lowest BCUT2D eigenvalue weighted by molar-refractivity contribution is -0.132. The molecule has 1 fully saturated rings. The number of aryl methyl sites for hydroxylation is 1. The average molecular weight is 466 g/mol. The number of benzene rings is 2. The molecule has 0 aliphatic carbocycles. The average Bonchev–Trinajstić information content (AvgIpc) is 3.46. The molecule has 1 N–H and O–H groups in total. The second-order valence-corrected chi connectivity index (χ2v) is 8.56. The summed E-state index contributed by atoms with van der Waals surface area (Å²) in [4.78, 5) is 34.3. The van der Waals surface area contributed by atoms with Crippen LogP contribution in [0.1, 0.15) is 37.4 Å². The van der Waals surface area contributed by atoms with E-state index >= 15 is 0 Å². The van der Waals surface area contributed by atoms with Gasteiger partial charge in [-0.25, -0.2) is 18.6 Å². The highest BCUT2D eigenvalue weighted by atomic mass is 19.2. The van der Waals surface area contributed by atoms with Gasteiger partial charge in [0.05, 0.1) is 17.4 Å². The Balaban J connectivity index is 1.13.